The van der Waals surface area contributed by atoms with Crippen LogP contribution in [0.4, 0.5) is 5.69 Å². The summed E-state index contributed by atoms with van der Waals surface area (Å²) in [5.41, 5.74) is 0.402. The van der Waals surface area contributed by atoms with Crippen molar-refractivity contribution in [3.63, 3.8) is 0 Å². The van der Waals surface area contributed by atoms with Gasteiger partial charge >= 0.3 is 0 Å². The van der Waals surface area contributed by atoms with Crippen LogP contribution in [0.25, 0.3) is 10.8 Å². The second-order valence-electron chi connectivity index (χ2n) is 4.06. The molecular weight excluding hydrogens is 290 g/mol. The van der Waals surface area contributed by atoms with Crippen LogP contribution in [-0.2, 0) is 10.1 Å². The standard InChI is InChI=1S/C14H9N3O3S/c15-7-10(8-16)9-17-13-5-6-14(21(18,19)20)12-4-2-1-3-11(12)13/h1-6,9,17H,(H,18,19,20). The number of rotatable bonds is 3. The monoisotopic (exact) mass is 299 g/mol. The Balaban J connectivity index is 2.63. The summed E-state index contributed by atoms with van der Waals surface area (Å²) in [4.78, 5) is -0.201. The number of nitrogens with one attached hydrogen (secondary N) is 1. The highest BCUT2D eigenvalue weighted by atomic mass is 32.2. The maximum absolute atomic E-state index is 11.4. The molecule has 0 aliphatic heterocycles. The zero-order chi connectivity index (χ0) is 15.5. The number of nitriles is 2. The van der Waals surface area contributed by atoms with Gasteiger partial charge in [-0.15, -0.1) is 0 Å². The van der Waals surface area contributed by atoms with Crippen LogP contribution in [0.5, 0.6) is 0 Å². The van der Waals surface area contributed by atoms with Crippen LogP contribution in [0.2, 0.25) is 0 Å². The molecule has 0 bridgehead atoms. The summed E-state index contributed by atoms with van der Waals surface area (Å²) in [7, 11) is -4.33. The molecule has 0 aromatic heterocycles. The summed E-state index contributed by atoms with van der Waals surface area (Å²) in [6.45, 7) is 0. The Kier molecular flexibility index (Phi) is 3.90. The van der Waals surface area contributed by atoms with Gasteiger partial charge in [-0.1, -0.05) is 24.3 Å². The first kappa shape index (κ1) is 14.5. The fourth-order valence-corrected chi connectivity index (χ4v) is 2.56. The number of benzene rings is 2. The first-order valence-electron chi connectivity index (χ1n) is 5.73. The summed E-state index contributed by atoms with van der Waals surface area (Å²) in [6.07, 6.45) is 1.23. The minimum absolute atomic E-state index is 0.113. The van der Waals surface area contributed by atoms with Gasteiger partial charge in [0.05, 0.1) is 0 Å². The third-order valence-electron chi connectivity index (χ3n) is 2.77. The van der Waals surface area contributed by atoms with Crippen molar-refractivity contribution in [3.05, 3.63) is 48.2 Å². The van der Waals surface area contributed by atoms with Crippen molar-refractivity contribution in [1.82, 2.24) is 0 Å². The SMILES string of the molecule is N#CC(C#N)=CNc1ccc(S(=O)(=O)O)c2ccccc12. The highest BCUT2D eigenvalue weighted by Gasteiger charge is 2.15. The van der Waals surface area contributed by atoms with Gasteiger partial charge in [-0.3, -0.25) is 4.55 Å². The lowest BCUT2D eigenvalue weighted by atomic mass is 10.1. The van der Waals surface area contributed by atoms with Crippen molar-refractivity contribution in [2.45, 2.75) is 4.90 Å². The molecule has 0 atom stereocenters. The van der Waals surface area contributed by atoms with E-state index in [0.29, 0.717) is 16.5 Å². The molecular formula is C14H9N3O3S. The van der Waals surface area contributed by atoms with Crippen LogP contribution >= 0.6 is 0 Å². The third-order valence-corrected chi connectivity index (χ3v) is 3.69. The molecule has 0 spiro atoms. The van der Waals surface area contributed by atoms with Gasteiger partial charge in [-0.2, -0.15) is 18.9 Å². The number of hydrogen-bond donors (Lipinski definition) is 2. The van der Waals surface area contributed by atoms with E-state index in [1.54, 1.807) is 36.4 Å². The van der Waals surface area contributed by atoms with E-state index in [1.807, 2.05) is 0 Å². The molecule has 6 nitrogen and oxygen atoms in total. The van der Waals surface area contributed by atoms with Gasteiger partial charge in [-0.25, -0.2) is 0 Å². The van der Waals surface area contributed by atoms with Crippen molar-refractivity contribution in [1.29, 1.82) is 10.5 Å². The molecule has 0 saturated carbocycles. The van der Waals surface area contributed by atoms with Gasteiger partial charge in [0.1, 0.15) is 22.6 Å². The number of fused-ring (bicyclic) bond motifs is 1. The van der Waals surface area contributed by atoms with E-state index in [0.717, 1.165) is 0 Å². The topological polar surface area (TPSA) is 114 Å². The minimum Gasteiger partial charge on any atom is -0.359 e. The first-order chi connectivity index (χ1) is 9.97. The fraction of sp³-hybridized carbons (Fsp3) is 0. The van der Waals surface area contributed by atoms with Gasteiger partial charge in [-0.05, 0) is 12.1 Å². The lowest BCUT2D eigenvalue weighted by Crippen LogP contribution is -2.00. The summed E-state index contributed by atoms with van der Waals surface area (Å²) < 4.78 is 31.9. The van der Waals surface area contributed by atoms with Crippen molar-refractivity contribution < 1.29 is 13.0 Å². The second-order valence-corrected chi connectivity index (χ2v) is 5.45. The molecule has 2 aromatic rings. The van der Waals surface area contributed by atoms with Crippen LogP contribution in [0.3, 0.4) is 0 Å². The highest BCUT2D eigenvalue weighted by Crippen LogP contribution is 2.29. The second kappa shape index (κ2) is 5.63. The summed E-state index contributed by atoms with van der Waals surface area (Å²) in [5.74, 6) is 0. The molecule has 0 amide bonds. The van der Waals surface area contributed by atoms with Crippen LogP contribution in [0.1, 0.15) is 0 Å². The fourth-order valence-electron chi connectivity index (χ4n) is 1.86. The largest absolute Gasteiger partial charge is 0.359 e. The molecule has 0 heterocycles. The third kappa shape index (κ3) is 3.00. The predicted molar refractivity (Wildman–Crippen MR) is 76.7 cm³/mol. The van der Waals surface area contributed by atoms with E-state index in [4.69, 9.17) is 10.5 Å². The van der Waals surface area contributed by atoms with Gasteiger partial charge < -0.3 is 5.32 Å². The first-order valence-corrected chi connectivity index (χ1v) is 7.17. The minimum atomic E-state index is -4.33. The molecule has 0 aliphatic carbocycles. The van der Waals surface area contributed by atoms with Crippen LogP contribution < -0.4 is 5.32 Å². The Morgan fingerprint density at radius 1 is 1.10 bits per heavy atom. The van der Waals surface area contributed by atoms with E-state index in [1.165, 1.54) is 18.3 Å². The smallest absolute Gasteiger partial charge is 0.295 e. The van der Waals surface area contributed by atoms with Crippen molar-refractivity contribution in [2.24, 2.45) is 0 Å². The highest BCUT2D eigenvalue weighted by molar-refractivity contribution is 7.86. The summed E-state index contributed by atoms with van der Waals surface area (Å²) in [5, 5.41) is 21.0. The molecule has 2 rings (SSSR count). The predicted octanol–water partition coefficient (Wildman–Crippen LogP) is 2.43. The summed E-state index contributed by atoms with van der Waals surface area (Å²) in [6, 6.07) is 12.7. The van der Waals surface area contributed by atoms with E-state index >= 15 is 0 Å². The molecule has 2 aromatic carbocycles. The molecule has 0 saturated heterocycles. The zero-order valence-electron chi connectivity index (χ0n) is 10.6. The average molecular weight is 299 g/mol. The Labute approximate surface area is 121 Å². The quantitative estimate of drug-likeness (QED) is 0.664. The van der Waals surface area contributed by atoms with E-state index < -0.39 is 10.1 Å². The molecule has 0 aliphatic rings. The van der Waals surface area contributed by atoms with Crippen LogP contribution in [0, 0.1) is 22.7 Å². The van der Waals surface area contributed by atoms with Crippen molar-refractivity contribution in [3.8, 4) is 12.1 Å². The van der Waals surface area contributed by atoms with Crippen molar-refractivity contribution >= 4 is 26.6 Å². The number of hydrogen-bond acceptors (Lipinski definition) is 5. The van der Waals surface area contributed by atoms with E-state index in [9.17, 15) is 13.0 Å². The average Bonchev–Trinajstić information content (AvgIpc) is 2.47. The Morgan fingerprint density at radius 3 is 2.29 bits per heavy atom. The Morgan fingerprint density at radius 2 is 1.71 bits per heavy atom. The number of anilines is 1. The molecule has 7 heteroatoms. The molecule has 0 fully saturated rings. The maximum atomic E-state index is 11.4. The Bertz CT molecular complexity index is 903. The van der Waals surface area contributed by atoms with Gasteiger partial charge in [0.25, 0.3) is 10.1 Å². The van der Waals surface area contributed by atoms with Crippen LogP contribution in [0.15, 0.2) is 53.1 Å². The molecule has 104 valence electrons. The molecule has 0 radical (unpaired) electrons. The van der Waals surface area contributed by atoms with Gasteiger partial charge in [0, 0.05) is 22.7 Å². The zero-order valence-corrected chi connectivity index (χ0v) is 11.4. The number of nitrogens with zero attached hydrogens (tertiary/aromatic N) is 2. The van der Waals surface area contributed by atoms with Crippen molar-refractivity contribution in [2.75, 3.05) is 5.32 Å². The molecule has 2 N–H and O–H groups in total. The lowest BCUT2D eigenvalue weighted by Gasteiger charge is -2.09. The number of allylic oxidation sites excluding steroid dienone is 1. The van der Waals surface area contributed by atoms with E-state index in [-0.39, 0.29) is 10.5 Å². The summed E-state index contributed by atoms with van der Waals surface area (Å²) >= 11 is 0. The van der Waals surface area contributed by atoms with Crippen LogP contribution in [-0.4, -0.2) is 13.0 Å². The molecule has 0 unspecified atom stereocenters. The lowest BCUT2D eigenvalue weighted by molar-refractivity contribution is 0.484. The van der Waals surface area contributed by atoms with E-state index in [2.05, 4.69) is 5.32 Å². The maximum Gasteiger partial charge on any atom is 0.295 e. The normalized spacial score (nSPS) is 10.4. The van der Waals surface area contributed by atoms with Gasteiger partial charge in [0.15, 0.2) is 0 Å². The van der Waals surface area contributed by atoms with Gasteiger partial charge in [0.2, 0.25) is 0 Å². The molecule has 21 heavy (non-hydrogen) atoms. The Hall–Kier alpha value is -2.87.